The number of morpholine rings is 1. The predicted molar refractivity (Wildman–Crippen MR) is 52.2 cm³/mol. The highest BCUT2D eigenvalue weighted by molar-refractivity contribution is 5.77. The highest BCUT2D eigenvalue weighted by Crippen LogP contribution is 2.05. The summed E-state index contributed by atoms with van der Waals surface area (Å²) in [5, 5.41) is 5.77. The Balaban J connectivity index is 1.81. The second-order valence-corrected chi connectivity index (χ2v) is 3.93. The van der Waals surface area contributed by atoms with Crippen molar-refractivity contribution in [1.29, 1.82) is 0 Å². The molecule has 2 N–H and O–H groups in total. The first kappa shape index (κ1) is 9.73. The number of urea groups is 1. The molecule has 2 fully saturated rings. The van der Waals surface area contributed by atoms with E-state index in [-0.39, 0.29) is 18.1 Å². The lowest BCUT2D eigenvalue weighted by atomic mass is 10.1. The lowest BCUT2D eigenvalue weighted by molar-refractivity contribution is 0.0339. The van der Waals surface area contributed by atoms with Gasteiger partial charge in [0.05, 0.1) is 19.3 Å². The first-order chi connectivity index (χ1) is 6.75. The van der Waals surface area contributed by atoms with Crippen molar-refractivity contribution in [2.24, 2.45) is 0 Å². The van der Waals surface area contributed by atoms with Gasteiger partial charge in [-0.3, -0.25) is 4.90 Å². The lowest BCUT2D eigenvalue weighted by Crippen LogP contribution is -2.47. The fourth-order valence-corrected chi connectivity index (χ4v) is 1.91. The number of rotatable bonds is 2. The van der Waals surface area contributed by atoms with Crippen molar-refractivity contribution in [3.63, 3.8) is 0 Å². The maximum atomic E-state index is 11.0. The van der Waals surface area contributed by atoms with Gasteiger partial charge in [-0.25, -0.2) is 4.79 Å². The molecule has 0 saturated carbocycles. The zero-order valence-corrected chi connectivity index (χ0v) is 8.45. The number of carbonyl (C=O) groups is 1. The van der Waals surface area contributed by atoms with E-state index in [1.165, 1.54) is 0 Å². The van der Waals surface area contributed by atoms with Crippen LogP contribution in [0.25, 0.3) is 0 Å². The Labute approximate surface area is 83.8 Å². The van der Waals surface area contributed by atoms with Crippen molar-refractivity contribution in [2.75, 3.05) is 32.8 Å². The molecule has 2 aliphatic heterocycles. The first-order valence-electron chi connectivity index (χ1n) is 5.13. The van der Waals surface area contributed by atoms with Crippen LogP contribution in [-0.2, 0) is 4.74 Å². The van der Waals surface area contributed by atoms with Crippen LogP contribution >= 0.6 is 0 Å². The van der Waals surface area contributed by atoms with Crippen LogP contribution in [0.4, 0.5) is 4.79 Å². The molecule has 2 saturated heterocycles. The molecule has 80 valence electrons. The highest BCUT2D eigenvalue weighted by atomic mass is 16.5. The van der Waals surface area contributed by atoms with Crippen molar-refractivity contribution >= 4 is 6.03 Å². The van der Waals surface area contributed by atoms with Crippen molar-refractivity contribution in [2.45, 2.75) is 19.0 Å². The molecule has 0 bridgehead atoms. The molecular formula is C9H17N3O2. The quantitative estimate of drug-likeness (QED) is 0.623. The van der Waals surface area contributed by atoms with Gasteiger partial charge < -0.3 is 15.4 Å². The van der Waals surface area contributed by atoms with E-state index < -0.39 is 0 Å². The van der Waals surface area contributed by atoms with Crippen LogP contribution in [0.15, 0.2) is 0 Å². The molecule has 2 unspecified atom stereocenters. The Morgan fingerprint density at radius 1 is 1.43 bits per heavy atom. The van der Waals surface area contributed by atoms with Gasteiger partial charge >= 0.3 is 6.03 Å². The summed E-state index contributed by atoms with van der Waals surface area (Å²) in [5.74, 6) is 0. The van der Waals surface area contributed by atoms with Gasteiger partial charge in [-0.15, -0.1) is 0 Å². The van der Waals surface area contributed by atoms with Crippen molar-refractivity contribution in [3.8, 4) is 0 Å². The molecule has 2 rings (SSSR count). The Morgan fingerprint density at radius 3 is 2.71 bits per heavy atom. The van der Waals surface area contributed by atoms with E-state index in [1.807, 2.05) is 6.92 Å². The second kappa shape index (κ2) is 4.14. The molecule has 0 aromatic rings. The Morgan fingerprint density at radius 2 is 2.14 bits per heavy atom. The van der Waals surface area contributed by atoms with Crippen molar-refractivity contribution in [3.05, 3.63) is 0 Å². The number of nitrogens with zero attached hydrogens (tertiary/aromatic N) is 1. The third kappa shape index (κ3) is 2.16. The van der Waals surface area contributed by atoms with Gasteiger partial charge in [0.15, 0.2) is 0 Å². The summed E-state index contributed by atoms with van der Waals surface area (Å²) >= 11 is 0. The Hall–Kier alpha value is -0.810. The smallest absolute Gasteiger partial charge is 0.315 e. The second-order valence-electron chi connectivity index (χ2n) is 3.93. The molecule has 0 aromatic carbocycles. The number of carbonyl (C=O) groups excluding carboxylic acids is 1. The maximum absolute atomic E-state index is 11.0. The Kier molecular flexibility index (Phi) is 2.88. The minimum Gasteiger partial charge on any atom is -0.379 e. The molecule has 2 amide bonds. The average Bonchev–Trinajstić information content (AvgIpc) is 2.47. The summed E-state index contributed by atoms with van der Waals surface area (Å²) < 4.78 is 5.27. The minimum atomic E-state index is -0.0456. The molecule has 2 atom stereocenters. The number of ether oxygens (including phenoxy) is 1. The SMILES string of the molecule is CC1NC(=O)NC1CN1CCOCC1. The third-order valence-corrected chi connectivity index (χ3v) is 2.84. The van der Waals surface area contributed by atoms with Crippen LogP contribution in [-0.4, -0.2) is 55.9 Å². The molecule has 0 aromatic heterocycles. The van der Waals surface area contributed by atoms with Gasteiger partial charge in [-0.1, -0.05) is 0 Å². The summed E-state index contributed by atoms with van der Waals surface area (Å²) in [6, 6.07) is 0.418. The summed E-state index contributed by atoms with van der Waals surface area (Å²) in [6.45, 7) is 6.51. The monoisotopic (exact) mass is 199 g/mol. The zero-order chi connectivity index (χ0) is 9.97. The number of nitrogens with one attached hydrogen (secondary N) is 2. The molecule has 2 heterocycles. The van der Waals surface area contributed by atoms with Gasteiger partial charge in [0.2, 0.25) is 0 Å². The minimum absolute atomic E-state index is 0.0456. The summed E-state index contributed by atoms with van der Waals surface area (Å²) in [7, 11) is 0. The van der Waals surface area contributed by atoms with E-state index in [0.717, 1.165) is 32.8 Å². The summed E-state index contributed by atoms with van der Waals surface area (Å²) in [5.41, 5.74) is 0. The summed E-state index contributed by atoms with van der Waals surface area (Å²) in [4.78, 5) is 13.4. The molecule has 0 aliphatic carbocycles. The summed E-state index contributed by atoms with van der Waals surface area (Å²) in [6.07, 6.45) is 0. The fraction of sp³-hybridized carbons (Fsp3) is 0.889. The number of amides is 2. The number of hydrogen-bond donors (Lipinski definition) is 2. The van der Waals surface area contributed by atoms with E-state index >= 15 is 0 Å². The number of hydrogen-bond acceptors (Lipinski definition) is 3. The molecule has 0 radical (unpaired) electrons. The van der Waals surface area contributed by atoms with E-state index in [9.17, 15) is 4.79 Å². The normalized spacial score (nSPS) is 33.9. The van der Waals surface area contributed by atoms with Crippen LogP contribution < -0.4 is 10.6 Å². The van der Waals surface area contributed by atoms with E-state index in [2.05, 4.69) is 15.5 Å². The van der Waals surface area contributed by atoms with Gasteiger partial charge in [-0.05, 0) is 6.92 Å². The standard InChI is InChI=1S/C9H17N3O2/c1-7-8(11-9(13)10-7)6-12-2-4-14-5-3-12/h7-8H,2-6H2,1H3,(H2,10,11,13). The third-order valence-electron chi connectivity index (χ3n) is 2.84. The highest BCUT2D eigenvalue weighted by Gasteiger charge is 2.29. The topological polar surface area (TPSA) is 53.6 Å². The van der Waals surface area contributed by atoms with Crippen LogP contribution in [0.5, 0.6) is 0 Å². The van der Waals surface area contributed by atoms with Crippen LogP contribution in [0.2, 0.25) is 0 Å². The van der Waals surface area contributed by atoms with Crippen molar-refractivity contribution in [1.82, 2.24) is 15.5 Å². The molecule has 5 nitrogen and oxygen atoms in total. The van der Waals surface area contributed by atoms with Gasteiger partial charge in [0.25, 0.3) is 0 Å². The van der Waals surface area contributed by atoms with Gasteiger partial charge in [0.1, 0.15) is 0 Å². The average molecular weight is 199 g/mol. The van der Waals surface area contributed by atoms with Gasteiger partial charge in [-0.2, -0.15) is 0 Å². The molecule has 5 heteroatoms. The Bertz CT molecular complexity index is 216. The largest absolute Gasteiger partial charge is 0.379 e. The van der Waals surface area contributed by atoms with Crippen LogP contribution in [0, 0.1) is 0 Å². The van der Waals surface area contributed by atoms with Crippen LogP contribution in [0.1, 0.15) is 6.92 Å². The predicted octanol–water partition coefficient (Wildman–Crippen LogP) is -0.611. The molecule has 2 aliphatic rings. The van der Waals surface area contributed by atoms with Gasteiger partial charge in [0, 0.05) is 25.7 Å². The van der Waals surface area contributed by atoms with E-state index in [0.29, 0.717) is 0 Å². The molecule has 14 heavy (non-hydrogen) atoms. The lowest BCUT2D eigenvalue weighted by Gasteiger charge is -2.29. The fourth-order valence-electron chi connectivity index (χ4n) is 1.91. The zero-order valence-electron chi connectivity index (χ0n) is 8.45. The molecular weight excluding hydrogens is 182 g/mol. The first-order valence-corrected chi connectivity index (χ1v) is 5.13. The maximum Gasteiger partial charge on any atom is 0.315 e. The molecule has 0 spiro atoms. The van der Waals surface area contributed by atoms with E-state index in [4.69, 9.17) is 4.74 Å². The van der Waals surface area contributed by atoms with Crippen LogP contribution in [0.3, 0.4) is 0 Å². The van der Waals surface area contributed by atoms with E-state index in [1.54, 1.807) is 0 Å². The van der Waals surface area contributed by atoms with Crippen molar-refractivity contribution < 1.29 is 9.53 Å².